The van der Waals surface area contributed by atoms with Crippen LogP contribution in [0.15, 0.2) is 63.8 Å². The number of benzene rings is 1. The number of ether oxygens (including phenoxy) is 1. The summed E-state index contributed by atoms with van der Waals surface area (Å²) in [7, 11) is 1.55. The van der Waals surface area contributed by atoms with E-state index in [-0.39, 0.29) is 30.2 Å². The smallest absolute Gasteiger partial charge is 0.293 e. The Morgan fingerprint density at radius 1 is 1.14 bits per heavy atom. The Morgan fingerprint density at radius 3 is 2.31 bits per heavy atom. The van der Waals surface area contributed by atoms with Gasteiger partial charge in [-0.25, -0.2) is 0 Å². The molecule has 0 radical (unpaired) electrons. The summed E-state index contributed by atoms with van der Waals surface area (Å²) in [4.78, 5) is 25.6. The van der Waals surface area contributed by atoms with Crippen molar-refractivity contribution in [1.29, 1.82) is 0 Å². The monoisotopic (exact) mass is 399 g/mol. The highest BCUT2D eigenvalue weighted by Crippen LogP contribution is 2.27. The summed E-state index contributed by atoms with van der Waals surface area (Å²) in [5, 5.41) is 14.4. The molecule has 2 heterocycles. The molecular formula is C20H21N3O6. The van der Waals surface area contributed by atoms with Crippen molar-refractivity contribution in [3.05, 3.63) is 82.2 Å². The Bertz CT molecular complexity index is 901. The molecule has 2 aromatic heterocycles. The van der Waals surface area contributed by atoms with E-state index in [1.54, 1.807) is 37.4 Å². The van der Waals surface area contributed by atoms with Crippen LogP contribution >= 0.6 is 0 Å². The lowest BCUT2D eigenvalue weighted by molar-refractivity contribution is -0.384. The Labute approximate surface area is 167 Å². The molecule has 0 spiro atoms. The number of anilines is 1. The molecule has 1 N–H and O–H groups in total. The molecule has 1 amide bonds. The number of nitro benzene ring substituents is 1. The predicted octanol–water partition coefficient (Wildman–Crippen LogP) is 3.68. The van der Waals surface area contributed by atoms with Crippen molar-refractivity contribution in [2.24, 2.45) is 0 Å². The number of hydrogen-bond donors (Lipinski definition) is 1. The minimum absolute atomic E-state index is 0.178. The molecule has 0 atom stereocenters. The molecule has 9 heteroatoms. The topological polar surface area (TPSA) is 111 Å². The van der Waals surface area contributed by atoms with Gasteiger partial charge in [-0.1, -0.05) is 0 Å². The first-order valence-corrected chi connectivity index (χ1v) is 8.93. The van der Waals surface area contributed by atoms with Crippen LogP contribution in [0.2, 0.25) is 0 Å². The SMILES string of the molecule is COCCNc1ccc(C(=O)N(Cc2ccco2)Cc2ccco2)cc1[N+](=O)[O-]. The zero-order valence-corrected chi connectivity index (χ0v) is 15.9. The second-order valence-electron chi connectivity index (χ2n) is 6.23. The first-order valence-electron chi connectivity index (χ1n) is 8.93. The highest BCUT2D eigenvalue weighted by molar-refractivity contribution is 5.95. The van der Waals surface area contributed by atoms with E-state index in [0.717, 1.165) is 0 Å². The normalized spacial score (nSPS) is 10.7. The largest absolute Gasteiger partial charge is 0.467 e. The van der Waals surface area contributed by atoms with Gasteiger partial charge in [-0.3, -0.25) is 14.9 Å². The fourth-order valence-electron chi connectivity index (χ4n) is 2.82. The number of carbonyl (C=O) groups is 1. The molecule has 0 bridgehead atoms. The minimum atomic E-state index is -0.519. The fraction of sp³-hybridized carbons (Fsp3) is 0.250. The molecule has 29 heavy (non-hydrogen) atoms. The molecular weight excluding hydrogens is 378 g/mol. The molecule has 0 aliphatic rings. The van der Waals surface area contributed by atoms with Crippen molar-refractivity contribution < 1.29 is 23.3 Å². The second kappa shape index (κ2) is 9.56. The van der Waals surface area contributed by atoms with E-state index in [0.29, 0.717) is 30.4 Å². The van der Waals surface area contributed by atoms with Crippen LogP contribution in [-0.2, 0) is 17.8 Å². The van der Waals surface area contributed by atoms with Gasteiger partial charge < -0.3 is 23.8 Å². The van der Waals surface area contributed by atoms with Gasteiger partial charge in [-0.05, 0) is 36.4 Å². The lowest BCUT2D eigenvalue weighted by atomic mass is 10.1. The molecule has 0 saturated carbocycles. The summed E-state index contributed by atoms with van der Waals surface area (Å²) < 4.78 is 15.6. The number of nitrogens with zero attached hydrogens (tertiary/aromatic N) is 2. The van der Waals surface area contributed by atoms with Crippen molar-refractivity contribution >= 4 is 17.3 Å². The number of furan rings is 2. The second-order valence-corrected chi connectivity index (χ2v) is 6.23. The molecule has 152 valence electrons. The zero-order valence-electron chi connectivity index (χ0n) is 15.9. The van der Waals surface area contributed by atoms with Gasteiger partial charge in [0.15, 0.2) is 0 Å². The Hall–Kier alpha value is -3.59. The maximum Gasteiger partial charge on any atom is 0.293 e. The molecule has 0 unspecified atom stereocenters. The number of carbonyl (C=O) groups excluding carboxylic acids is 1. The van der Waals surface area contributed by atoms with Gasteiger partial charge in [0.25, 0.3) is 11.6 Å². The van der Waals surface area contributed by atoms with Gasteiger partial charge in [0.2, 0.25) is 0 Å². The van der Waals surface area contributed by atoms with E-state index >= 15 is 0 Å². The van der Waals surface area contributed by atoms with Crippen molar-refractivity contribution in [1.82, 2.24) is 4.90 Å². The van der Waals surface area contributed by atoms with E-state index in [2.05, 4.69) is 5.32 Å². The maximum absolute atomic E-state index is 13.1. The summed E-state index contributed by atoms with van der Waals surface area (Å²) in [5.41, 5.74) is 0.349. The van der Waals surface area contributed by atoms with Crippen LogP contribution in [0.1, 0.15) is 21.9 Å². The number of nitro groups is 1. The number of methoxy groups -OCH3 is 1. The molecule has 0 aliphatic heterocycles. The first-order chi connectivity index (χ1) is 14.1. The minimum Gasteiger partial charge on any atom is -0.467 e. The molecule has 0 fully saturated rings. The number of amides is 1. The van der Waals surface area contributed by atoms with E-state index < -0.39 is 4.92 Å². The van der Waals surface area contributed by atoms with Crippen LogP contribution < -0.4 is 5.32 Å². The average molecular weight is 399 g/mol. The molecule has 0 saturated heterocycles. The van der Waals surface area contributed by atoms with Crippen LogP contribution in [0.3, 0.4) is 0 Å². The average Bonchev–Trinajstić information content (AvgIpc) is 3.41. The number of rotatable bonds is 10. The lowest BCUT2D eigenvalue weighted by Gasteiger charge is -2.21. The van der Waals surface area contributed by atoms with E-state index in [1.165, 1.54) is 29.6 Å². The Kier molecular flexibility index (Phi) is 6.64. The summed E-state index contributed by atoms with van der Waals surface area (Å²) >= 11 is 0. The molecule has 1 aromatic carbocycles. The van der Waals surface area contributed by atoms with Gasteiger partial charge in [0, 0.05) is 25.3 Å². The van der Waals surface area contributed by atoms with Gasteiger partial charge in [-0.15, -0.1) is 0 Å². The van der Waals surface area contributed by atoms with Gasteiger partial charge in [0.1, 0.15) is 17.2 Å². The van der Waals surface area contributed by atoms with E-state index in [4.69, 9.17) is 13.6 Å². The lowest BCUT2D eigenvalue weighted by Crippen LogP contribution is -2.30. The fourth-order valence-corrected chi connectivity index (χ4v) is 2.82. The highest BCUT2D eigenvalue weighted by atomic mass is 16.6. The highest BCUT2D eigenvalue weighted by Gasteiger charge is 2.23. The third-order valence-corrected chi connectivity index (χ3v) is 4.20. The van der Waals surface area contributed by atoms with Crippen LogP contribution in [0.5, 0.6) is 0 Å². The van der Waals surface area contributed by atoms with Crippen molar-refractivity contribution in [3.8, 4) is 0 Å². The standard InChI is InChI=1S/C20H21N3O6/c1-27-11-8-21-18-7-6-15(12-19(18)23(25)26)20(24)22(13-16-4-2-9-28-16)14-17-5-3-10-29-17/h2-7,9-10,12,21H,8,11,13-14H2,1H3. The predicted molar refractivity (Wildman–Crippen MR) is 104 cm³/mol. The Morgan fingerprint density at radius 2 is 1.79 bits per heavy atom. The summed E-state index contributed by atoms with van der Waals surface area (Å²) in [6.07, 6.45) is 3.05. The van der Waals surface area contributed by atoms with Crippen molar-refractivity contribution in [3.63, 3.8) is 0 Å². The van der Waals surface area contributed by atoms with Crippen LogP contribution in [0, 0.1) is 10.1 Å². The van der Waals surface area contributed by atoms with Crippen molar-refractivity contribution in [2.45, 2.75) is 13.1 Å². The number of hydrogen-bond acceptors (Lipinski definition) is 7. The summed E-state index contributed by atoms with van der Waals surface area (Å²) in [5.74, 6) is 0.818. The third-order valence-electron chi connectivity index (χ3n) is 4.20. The van der Waals surface area contributed by atoms with Crippen LogP contribution in [0.4, 0.5) is 11.4 Å². The van der Waals surface area contributed by atoms with Gasteiger partial charge in [-0.2, -0.15) is 0 Å². The van der Waals surface area contributed by atoms with E-state index in [9.17, 15) is 14.9 Å². The van der Waals surface area contributed by atoms with Crippen LogP contribution in [-0.4, -0.2) is 36.0 Å². The third kappa shape index (κ3) is 5.23. The van der Waals surface area contributed by atoms with Gasteiger partial charge >= 0.3 is 0 Å². The summed E-state index contributed by atoms with van der Waals surface area (Å²) in [6.45, 7) is 1.22. The molecule has 3 aromatic rings. The first kappa shape index (κ1) is 20.2. The van der Waals surface area contributed by atoms with Crippen molar-refractivity contribution in [2.75, 3.05) is 25.6 Å². The quantitative estimate of drug-likeness (QED) is 0.314. The molecule has 9 nitrogen and oxygen atoms in total. The number of nitrogens with one attached hydrogen (secondary N) is 1. The molecule has 0 aliphatic carbocycles. The zero-order chi connectivity index (χ0) is 20.6. The maximum atomic E-state index is 13.1. The Balaban J connectivity index is 1.85. The van der Waals surface area contributed by atoms with Gasteiger partial charge in [0.05, 0.1) is 37.1 Å². The molecule has 3 rings (SSSR count). The summed E-state index contributed by atoms with van der Waals surface area (Å²) in [6, 6.07) is 11.3. The van der Waals surface area contributed by atoms with Crippen LogP contribution in [0.25, 0.3) is 0 Å². The van der Waals surface area contributed by atoms with E-state index in [1.807, 2.05) is 0 Å².